The van der Waals surface area contributed by atoms with E-state index in [9.17, 15) is 4.79 Å². The highest BCUT2D eigenvalue weighted by molar-refractivity contribution is 5.76. The van der Waals surface area contributed by atoms with Gasteiger partial charge in [0.05, 0.1) is 12.5 Å². The van der Waals surface area contributed by atoms with Gasteiger partial charge in [0, 0.05) is 12.3 Å². The van der Waals surface area contributed by atoms with Crippen LogP contribution in [0.2, 0.25) is 0 Å². The molecule has 1 fully saturated rings. The minimum atomic E-state index is -0.0760. The zero-order valence-corrected chi connectivity index (χ0v) is 7.59. The third-order valence-corrected chi connectivity index (χ3v) is 1.84. The quantitative estimate of drug-likeness (QED) is 0.460. The zero-order chi connectivity index (χ0) is 8.97. The van der Waals surface area contributed by atoms with Gasteiger partial charge in [0.2, 0.25) is 0 Å². The number of hydrogen-bond donors (Lipinski definition) is 0. The Balaban J connectivity index is 2.27. The van der Waals surface area contributed by atoms with E-state index >= 15 is 0 Å². The molecule has 0 aliphatic heterocycles. The summed E-state index contributed by atoms with van der Waals surface area (Å²) in [6, 6.07) is 0. The van der Waals surface area contributed by atoms with E-state index in [4.69, 9.17) is 4.74 Å². The van der Waals surface area contributed by atoms with Crippen LogP contribution in [-0.2, 0) is 9.53 Å². The molecule has 0 bridgehead atoms. The van der Waals surface area contributed by atoms with Crippen LogP contribution in [0.1, 0.15) is 26.7 Å². The number of hydrogen-bond acceptors (Lipinski definition) is 2. The normalized spacial score (nSPS) is 25.5. The van der Waals surface area contributed by atoms with Gasteiger partial charge in [0.25, 0.3) is 0 Å². The molecule has 0 heterocycles. The summed E-state index contributed by atoms with van der Waals surface area (Å²) < 4.78 is 4.87. The largest absolute Gasteiger partial charge is 0.466 e. The average molecular weight is 166 g/mol. The van der Waals surface area contributed by atoms with Gasteiger partial charge in [0.1, 0.15) is 0 Å². The van der Waals surface area contributed by atoms with Gasteiger partial charge in [-0.05, 0) is 13.3 Å². The van der Waals surface area contributed by atoms with Crippen molar-refractivity contribution >= 4 is 5.97 Å². The molecule has 1 aliphatic rings. The van der Waals surface area contributed by atoms with Crippen molar-refractivity contribution in [2.75, 3.05) is 6.61 Å². The summed E-state index contributed by atoms with van der Waals surface area (Å²) in [5.41, 5.74) is 0. The molecule has 0 aromatic rings. The van der Waals surface area contributed by atoms with Crippen LogP contribution in [0.25, 0.3) is 0 Å². The number of esters is 1. The average Bonchev–Trinajstić information content (AvgIpc) is 2.80. The Kier molecular flexibility index (Phi) is 3.16. The van der Waals surface area contributed by atoms with Crippen LogP contribution < -0.4 is 0 Å². The van der Waals surface area contributed by atoms with Crippen LogP contribution in [0.3, 0.4) is 0 Å². The molecule has 66 valence electrons. The molecule has 12 heavy (non-hydrogen) atoms. The Morgan fingerprint density at radius 2 is 2.33 bits per heavy atom. The summed E-state index contributed by atoms with van der Waals surface area (Å²) in [6.45, 7) is 4.31. The first-order valence-corrected chi connectivity index (χ1v) is 4.44. The maximum Gasteiger partial charge on any atom is 0.310 e. The summed E-state index contributed by atoms with van der Waals surface area (Å²) in [6.07, 6.45) is 1.76. The lowest BCUT2D eigenvalue weighted by Gasteiger charge is -1.96. The third-order valence-electron chi connectivity index (χ3n) is 1.84. The summed E-state index contributed by atoms with van der Waals surface area (Å²) in [5, 5.41) is 0. The highest BCUT2D eigenvalue weighted by Crippen LogP contribution is 2.38. The molecule has 0 amide bonds. The zero-order valence-electron chi connectivity index (χ0n) is 7.59. The monoisotopic (exact) mass is 166 g/mol. The van der Waals surface area contributed by atoms with Crippen molar-refractivity contribution in [3.8, 4) is 11.8 Å². The minimum Gasteiger partial charge on any atom is -0.466 e. The van der Waals surface area contributed by atoms with Gasteiger partial charge in [-0.2, -0.15) is 0 Å². The Morgan fingerprint density at radius 3 is 2.92 bits per heavy atom. The predicted molar refractivity (Wildman–Crippen MR) is 46.3 cm³/mol. The van der Waals surface area contributed by atoms with Crippen LogP contribution in [-0.4, -0.2) is 12.6 Å². The van der Waals surface area contributed by atoms with Gasteiger partial charge in [-0.3, -0.25) is 4.79 Å². The first-order chi connectivity index (χ1) is 5.79. The lowest BCUT2D eigenvalue weighted by molar-refractivity contribution is -0.144. The molecule has 2 heteroatoms. The van der Waals surface area contributed by atoms with Gasteiger partial charge < -0.3 is 4.74 Å². The molecule has 1 aliphatic carbocycles. The van der Waals surface area contributed by atoms with Crippen LogP contribution in [0.4, 0.5) is 0 Å². The summed E-state index contributed by atoms with van der Waals surface area (Å²) in [5.74, 6) is 6.30. The molecule has 0 saturated heterocycles. The van der Waals surface area contributed by atoms with E-state index in [1.807, 2.05) is 13.8 Å². The van der Waals surface area contributed by atoms with E-state index < -0.39 is 0 Å². The van der Waals surface area contributed by atoms with Gasteiger partial charge in [-0.15, -0.1) is 5.92 Å². The molecule has 2 atom stereocenters. The van der Waals surface area contributed by atoms with Crippen LogP contribution in [0.15, 0.2) is 0 Å². The van der Waals surface area contributed by atoms with E-state index in [2.05, 4.69) is 11.8 Å². The van der Waals surface area contributed by atoms with Crippen molar-refractivity contribution in [1.82, 2.24) is 0 Å². The first kappa shape index (κ1) is 9.12. The molecular weight excluding hydrogens is 152 g/mol. The topological polar surface area (TPSA) is 26.3 Å². The molecule has 0 radical (unpaired) electrons. The Morgan fingerprint density at radius 1 is 1.58 bits per heavy atom. The van der Waals surface area contributed by atoms with E-state index in [-0.39, 0.29) is 17.8 Å². The summed E-state index contributed by atoms with van der Waals surface area (Å²) >= 11 is 0. The predicted octanol–water partition coefficient (Wildman–Crippen LogP) is 1.60. The molecule has 1 rings (SSSR count). The second-order valence-electron chi connectivity index (χ2n) is 2.88. The molecule has 2 unspecified atom stereocenters. The SMILES string of the molecule is CCC#CC1CC1C(=O)OCC. The fraction of sp³-hybridized carbons (Fsp3) is 0.700. The molecular formula is C10H14O2. The minimum absolute atomic E-state index is 0.0731. The van der Waals surface area contributed by atoms with E-state index in [1.165, 1.54) is 0 Å². The first-order valence-electron chi connectivity index (χ1n) is 4.44. The van der Waals surface area contributed by atoms with E-state index in [0.717, 1.165) is 12.8 Å². The van der Waals surface area contributed by atoms with Crippen LogP contribution >= 0.6 is 0 Å². The van der Waals surface area contributed by atoms with Gasteiger partial charge in [0.15, 0.2) is 0 Å². The fourth-order valence-corrected chi connectivity index (χ4v) is 1.10. The molecule has 0 spiro atoms. The van der Waals surface area contributed by atoms with Crippen molar-refractivity contribution in [2.45, 2.75) is 26.7 Å². The maximum absolute atomic E-state index is 11.1. The smallest absolute Gasteiger partial charge is 0.310 e. The highest BCUT2D eigenvalue weighted by Gasteiger charge is 2.43. The molecule has 0 aromatic heterocycles. The Hall–Kier alpha value is -0.970. The van der Waals surface area contributed by atoms with Crippen LogP contribution in [0.5, 0.6) is 0 Å². The summed E-state index contributed by atoms with van der Waals surface area (Å²) in [4.78, 5) is 11.1. The van der Waals surface area contributed by atoms with Gasteiger partial charge >= 0.3 is 5.97 Å². The van der Waals surface area contributed by atoms with Crippen molar-refractivity contribution in [1.29, 1.82) is 0 Å². The molecule has 0 N–H and O–H groups in total. The highest BCUT2D eigenvalue weighted by atomic mass is 16.5. The van der Waals surface area contributed by atoms with Crippen molar-refractivity contribution < 1.29 is 9.53 Å². The van der Waals surface area contributed by atoms with Crippen LogP contribution in [0, 0.1) is 23.7 Å². The third kappa shape index (κ3) is 2.27. The fourth-order valence-electron chi connectivity index (χ4n) is 1.10. The molecule has 2 nitrogen and oxygen atoms in total. The lowest BCUT2D eigenvalue weighted by atomic mass is 10.3. The van der Waals surface area contributed by atoms with Gasteiger partial charge in [-0.1, -0.05) is 12.8 Å². The second-order valence-corrected chi connectivity index (χ2v) is 2.88. The Labute approximate surface area is 73.3 Å². The van der Waals surface area contributed by atoms with Gasteiger partial charge in [-0.25, -0.2) is 0 Å². The number of rotatable bonds is 2. The standard InChI is InChI=1S/C10H14O2/c1-3-5-6-8-7-9(8)10(11)12-4-2/h8-9H,3-4,7H2,1-2H3. The summed E-state index contributed by atoms with van der Waals surface area (Å²) in [7, 11) is 0. The van der Waals surface area contributed by atoms with Crippen molar-refractivity contribution in [3.05, 3.63) is 0 Å². The molecule has 1 saturated carbocycles. The lowest BCUT2D eigenvalue weighted by Crippen LogP contribution is -2.06. The Bertz CT molecular complexity index is 222. The molecule has 0 aromatic carbocycles. The number of ether oxygens (including phenoxy) is 1. The van der Waals surface area contributed by atoms with Crippen molar-refractivity contribution in [3.63, 3.8) is 0 Å². The van der Waals surface area contributed by atoms with Crippen molar-refractivity contribution in [2.24, 2.45) is 11.8 Å². The van der Waals surface area contributed by atoms with E-state index in [1.54, 1.807) is 0 Å². The maximum atomic E-state index is 11.1. The number of carbonyl (C=O) groups is 1. The number of carbonyl (C=O) groups excluding carboxylic acids is 1. The second kappa shape index (κ2) is 4.15. The van der Waals surface area contributed by atoms with E-state index in [0.29, 0.717) is 6.61 Å².